The molecule has 70 heavy (non-hydrogen) atoms. The Morgan fingerprint density at radius 3 is 0.857 bits per heavy atom. The van der Waals surface area contributed by atoms with Crippen molar-refractivity contribution in [3.8, 4) is 0 Å². The summed E-state index contributed by atoms with van der Waals surface area (Å²) in [7, 11) is 0. The number of carbonyl (C=O) groups is 3. The summed E-state index contributed by atoms with van der Waals surface area (Å²) in [4.78, 5) is 38.2. The first-order valence-electron chi connectivity index (χ1n) is 30.3. The van der Waals surface area contributed by atoms with Crippen molar-refractivity contribution >= 4 is 17.9 Å². The van der Waals surface area contributed by atoms with Crippen LogP contribution in [-0.4, -0.2) is 37.2 Å². The molecule has 0 saturated heterocycles. The van der Waals surface area contributed by atoms with Crippen LogP contribution in [0.3, 0.4) is 0 Å². The van der Waals surface area contributed by atoms with Gasteiger partial charge in [0, 0.05) is 19.3 Å². The van der Waals surface area contributed by atoms with Crippen molar-refractivity contribution in [3.63, 3.8) is 0 Å². The second-order valence-electron chi connectivity index (χ2n) is 20.3. The van der Waals surface area contributed by atoms with Gasteiger partial charge in [-0.3, -0.25) is 14.4 Å². The van der Waals surface area contributed by atoms with Gasteiger partial charge in [-0.2, -0.15) is 0 Å². The first-order valence-corrected chi connectivity index (χ1v) is 30.3. The van der Waals surface area contributed by atoms with Gasteiger partial charge in [-0.25, -0.2) is 0 Å². The Hall–Kier alpha value is -2.89. The minimum absolute atomic E-state index is 0.0820. The lowest BCUT2D eigenvalue weighted by atomic mass is 10.0. The van der Waals surface area contributed by atoms with Gasteiger partial charge in [0.2, 0.25) is 0 Å². The van der Waals surface area contributed by atoms with Crippen LogP contribution < -0.4 is 0 Å². The normalized spacial score (nSPS) is 12.4. The maximum Gasteiger partial charge on any atom is 0.306 e. The average Bonchev–Trinajstić information content (AvgIpc) is 3.36. The van der Waals surface area contributed by atoms with Crippen LogP contribution in [0.2, 0.25) is 0 Å². The molecule has 0 radical (unpaired) electrons. The fraction of sp³-hybridized carbons (Fsp3) is 0.797. The Labute approximate surface area is 434 Å². The highest BCUT2D eigenvalue weighted by Gasteiger charge is 2.19. The maximum absolute atomic E-state index is 12.8. The average molecular weight is 980 g/mol. The molecule has 1 atom stereocenters. The summed E-state index contributed by atoms with van der Waals surface area (Å²) in [6.45, 7) is 6.61. The van der Waals surface area contributed by atoms with Crippen LogP contribution in [0.4, 0.5) is 0 Å². The molecule has 0 aliphatic carbocycles. The lowest BCUT2D eigenvalue weighted by Crippen LogP contribution is -2.30. The fourth-order valence-corrected chi connectivity index (χ4v) is 8.66. The summed E-state index contributed by atoms with van der Waals surface area (Å²) in [5.41, 5.74) is 0. The van der Waals surface area contributed by atoms with Crippen LogP contribution in [0.5, 0.6) is 0 Å². The zero-order valence-electron chi connectivity index (χ0n) is 46.5. The lowest BCUT2D eigenvalue weighted by Gasteiger charge is -2.18. The molecule has 0 spiro atoms. The SMILES string of the molecule is CCCCC/C=C\C/C=C\C/C=C\C/C=C\CCCCCC(=O)OC[C@H](COC(=O)CCCCCCCCCCCCC/C=C\CCCCCCCC)OC(=O)CCCCCCCCCCCCCC. The highest BCUT2D eigenvalue weighted by atomic mass is 16.6. The summed E-state index contributed by atoms with van der Waals surface area (Å²) in [5, 5.41) is 0. The maximum atomic E-state index is 12.8. The summed E-state index contributed by atoms with van der Waals surface area (Å²) in [5.74, 6) is -0.901. The van der Waals surface area contributed by atoms with Crippen molar-refractivity contribution < 1.29 is 28.6 Å². The predicted octanol–water partition coefficient (Wildman–Crippen LogP) is 20.4. The Bertz CT molecular complexity index is 1260. The van der Waals surface area contributed by atoms with Crippen LogP contribution in [-0.2, 0) is 28.6 Å². The molecule has 6 nitrogen and oxygen atoms in total. The monoisotopic (exact) mass is 979 g/mol. The van der Waals surface area contributed by atoms with Gasteiger partial charge in [0.05, 0.1) is 0 Å². The molecule has 0 fully saturated rings. The molecular weight excluding hydrogens is 865 g/mol. The second kappa shape index (κ2) is 58.7. The third kappa shape index (κ3) is 56.0. The van der Waals surface area contributed by atoms with Gasteiger partial charge in [0.15, 0.2) is 6.10 Å². The molecule has 0 aromatic heterocycles. The zero-order valence-corrected chi connectivity index (χ0v) is 46.5. The van der Waals surface area contributed by atoms with E-state index >= 15 is 0 Å². The summed E-state index contributed by atoms with van der Waals surface area (Å²) in [6.07, 6.45) is 73.6. The third-order valence-electron chi connectivity index (χ3n) is 13.2. The number of unbranched alkanes of at least 4 members (excludes halogenated alkanes) is 34. The molecule has 406 valence electrons. The molecule has 0 aromatic rings. The van der Waals surface area contributed by atoms with E-state index < -0.39 is 6.10 Å². The van der Waals surface area contributed by atoms with Gasteiger partial charge < -0.3 is 14.2 Å². The summed E-state index contributed by atoms with van der Waals surface area (Å²) in [6, 6.07) is 0. The minimum atomic E-state index is -0.785. The number of rotatable bonds is 55. The largest absolute Gasteiger partial charge is 0.462 e. The van der Waals surface area contributed by atoms with E-state index in [9.17, 15) is 14.4 Å². The van der Waals surface area contributed by atoms with E-state index in [1.54, 1.807) is 0 Å². The number of allylic oxidation sites excluding steroid dienone is 10. The summed E-state index contributed by atoms with van der Waals surface area (Å²) >= 11 is 0. The quantitative estimate of drug-likeness (QED) is 0.0261. The van der Waals surface area contributed by atoms with Gasteiger partial charge >= 0.3 is 17.9 Å². The van der Waals surface area contributed by atoms with Crippen molar-refractivity contribution in [2.24, 2.45) is 0 Å². The molecular formula is C64H114O6. The molecule has 0 rings (SSSR count). The van der Waals surface area contributed by atoms with Gasteiger partial charge in [-0.15, -0.1) is 0 Å². The molecule has 0 bridgehead atoms. The number of carbonyl (C=O) groups excluding carboxylic acids is 3. The minimum Gasteiger partial charge on any atom is -0.462 e. The number of ether oxygens (including phenoxy) is 3. The van der Waals surface area contributed by atoms with Crippen molar-refractivity contribution in [2.45, 2.75) is 316 Å². The van der Waals surface area contributed by atoms with Gasteiger partial charge in [0.25, 0.3) is 0 Å². The highest BCUT2D eigenvalue weighted by Crippen LogP contribution is 2.16. The number of esters is 3. The van der Waals surface area contributed by atoms with Gasteiger partial charge in [-0.05, 0) is 89.9 Å². The first-order chi connectivity index (χ1) is 34.5. The Morgan fingerprint density at radius 1 is 0.286 bits per heavy atom. The van der Waals surface area contributed by atoms with Crippen molar-refractivity contribution in [1.82, 2.24) is 0 Å². The van der Waals surface area contributed by atoms with E-state index in [1.165, 1.54) is 186 Å². The van der Waals surface area contributed by atoms with Crippen molar-refractivity contribution in [2.75, 3.05) is 13.2 Å². The van der Waals surface area contributed by atoms with E-state index in [0.29, 0.717) is 19.3 Å². The molecule has 0 aromatic carbocycles. The Balaban J connectivity index is 4.34. The predicted molar refractivity (Wildman–Crippen MR) is 302 cm³/mol. The molecule has 0 aliphatic rings. The highest BCUT2D eigenvalue weighted by molar-refractivity contribution is 5.71. The van der Waals surface area contributed by atoms with Crippen LogP contribution in [0.15, 0.2) is 60.8 Å². The van der Waals surface area contributed by atoms with E-state index in [0.717, 1.165) is 83.5 Å². The second-order valence-corrected chi connectivity index (χ2v) is 20.3. The molecule has 0 unspecified atom stereocenters. The molecule has 0 N–H and O–H groups in total. The fourth-order valence-electron chi connectivity index (χ4n) is 8.66. The molecule has 6 heteroatoms. The van der Waals surface area contributed by atoms with E-state index in [2.05, 4.69) is 81.5 Å². The zero-order chi connectivity index (χ0) is 50.7. The van der Waals surface area contributed by atoms with E-state index in [1.807, 2.05) is 0 Å². The van der Waals surface area contributed by atoms with Crippen LogP contribution in [0, 0.1) is 0 Å². The molecule has 0 saturated carbocycles. The number of hydrogen-bond acceptors (Lipinski definition) is 6. The number of hydrogen-bond donors (Lipinski definition) is 0. The topological polar surface area (TPSA) is 78.9 Å². The standard InChI is InChI=1S/C64H114O6/c1-4-7-10-13-16-19-22-25-27-29-31-32-34-36-38-40-43-45-48-51-54-57-63(66)69-60-61(70-64(67)58-55-52-49-46-41-24-21-18-15-12-9-6-3)59-68-62(65)56-53-50-47-44-42-39-37-35-33-30-28-26-23-20-17-14-11-8-5-2/h17,20,25-28,33,35,39,42,61H,4-16,18-19,21-24,29-32,34,36-38,40-41,43-60H2,1-3H3/b20-17-,27-25-,28-26-,35-33-,42-39-/t61-/m1/s1. The Kier molecular flexibility index (Phi) is 56.3. The van der Waals surface area contributed by atoms with E-state index in [-0.39, 0.29) is 31.1 Å². The first kappa shape index (κ1) is 67.1. The van der Waals surface area contributed by atoms with Crippen LogP contribution in [0.1, 0.15) is 310 Å². The third-order valence-corrected chi connectivity index (χ3v) is 13.2. The molecule has 0 amide bonds. The molecule has 0 aliphatic heterocycles. The van der Waals surface area contributed by atoms with Crippen molar-refractivity contribution in [3.05, 3.63) is 60.8 Å². The lowest BCUT2D eigenvalue weighted by molar-refractivity contribution is -0.167. The molecule has 0 heterocycles. The van der Waals surface area contributed by atoms with Crippen molar-refractivity contribution in [1.29, 1.82) is 0 Å². The smallest absolute Gasteiger partial charge is 0.306 e. The van der Waals surface area contributed by atoms with E-state index in [4.69, 9.17) is 14.2 Å². The van der Waals surface area contributed by atoms with Gasteiger partial charge in [0.1, 0.15) is 13.2 Å². The summed E-state index contributed by atoms with van der Waals surface area (Å²) < 4.78 is 16.9. The Morgan fingerprint density at radius 2 is 0.514 bits per heavy atom. The van der Waals surface area contributed by atoms with Gasteiger partial charge in [-0.1, -0.05) is 261 Å². The van der Waals surface area contributed by atoms with Crippen LogP contribution in [0.25, 0.3) is 0 Å². The van der Waals surface area contributed by atoms with Crippen LogP contribution >= 0.6 is 0 Å².